The number of halogens is 2. The molecule has 0 heterocycles. The molecular weight excluding hydrogens is 240 g/mol. The lowest BCUT2D eigenvalue weighted by atomic mass is 10.1. The number of carbonyl (C=O) groups is 1. The first-order chi connectivity index (χ1) is 8.40. The number of amides is 1. The summed E-state index contributed by atoms with van der Waals surface area (Å²) in [7, 11) is 1.59. The van der Waals surface area contributed by atoms with Crippen LogP contribution in [0.3, 0.4) is 0 Å². The van der Waals surface area contributed by atoms with Crippen LogP contribution in [-0.4, -0.2) is 29.1 Å². The Morgan fingerprint density at radius 2 is 2.06 bits per heavy atom. The minimum atomic E-state index is -0.919. The van der Waals surface area contributed by atoms with Crippen LogP contribution in [0.15, 0.2) is 18.2 Å². The number of nitrogens with zero attached hydrogens (tertiary/aromatic N) is 1. The van der Waals surface area contributed by atoms with Gasteiger partial charge in [0.25, 0.3) is 0 Å². The maximum Gasteiger partial charge on any atom is 0.222 e. The van der Waals surface area contributed by atoms with Crippen molar-refractivity contribution in [2.24, 2.45) is 0 Å². The minimum absolute atomic E-state index is 0.138. The third-order valence-electron chi connectivity index (χ3n) is 2.61. The summed E-state index contributed by atoms with van der Waals surface area (Å²) in [6.45, 7) is 1.83. The van der Waals surface area contributed by atoms with Crippen LogP contribution >= 0.6 is 0 Å². The van der Waals surface area contributed by atoms with Gasteiger partial charge in [0.05, 0.1) is 6.10 Å². The van der Waals surface area contributed by atoms with Gasteiger partial charge >= 0.3 is 0 Å². The summed E-state index contributed by atoms with van der Waals surface area (Å²) in [5.41, 5.74) is 0.529. The highest BCUT2D eigenvalue weighted by Crippen LogP contribution is 2.11. The van der Waals surface area contributed by atoms with Crippen molar-refractivity contribution >= 4 is 5.91 Å². The van der Waals surface area contributed by atoms with E-state index in [1.165, 1.54) is 11.0 Å². The van der Waals surface area contributed by atoms with E-state index < -0.39 is 17.7 Å². The van der Waals surface area contributed by atoms with Gasteiger partial charge in [0.15, 0.2) is 11.6 Å². The Kier molecular flexibility index (Phi) is 5.22. The number of hydrogen-bond donors (Lipinski definition) is 1. The van der Waals surface area contributed by atoms with Crippen molar-refractivity contribution in [3.8, 4) is 0 Å². The fraction of sp³-hybridized carbons (Fsp3) is 0.462. The van der Waals surface area contributed by atoms with Gasteiger partial charge < -0.3 is 10.0 Å². The standard InChI is InChI=1S/C13H17F2NO2/c1-9(17)3-6-13(18)16(2)8-10-4-5-11(14)12(15)7-10/h4-5,7,9,17H,3,6,8H2,1-2H3. The maximum absolute atomic E-state index is 13.0. The van der Waals surface area contributed by atoms with Crippen LogP contribution < -0.4 is 0 Å². The Morgan fingerprint density at radius 1 is 1.39 bits per heavy atom. The van der Waals surface area contributed by atoms with Crippen LogP contribution in [0.25, 0.3) is 0 Å². The normalized spacial score (nSPS) is 12.3. The molecule has 0 aliphatic carbocycles. The zero-order valence-corrected chi connectivity index (χ0v) is 10.5. The average molecular weight is 257 g/mol. The lowest BCUT2D eigenvalue weighted by Crippen LogP contribution is -2.26. The molecule has 100 valence electrons. The monoisotopic (exact) mass is 257 g/mol. The molecule has 18 heavy (non-hydrogen) atoms. The Bertz CT molecular complexity index is 421. The molecule has 0 aromatic heterocycles. The quantitative estimate of drug-likeness (QED) is 0.877. The van der Waals surface area contributed by atoms with Crippen LogP contribution in [0.2, 0.25) is 0 Å². The molecule has 0 fully saturated rings. The van der Waals surface area contributed by atoms with Crippen molar-refractivity contribution in [3.05, 3.63) is 35.4 Å². The van der Waals surface area contributed by atoms with Crippen molar-refractivity contribution in [1.29, 1.82) is 0 Å². The number of carbonyl (C=O) groups excluding carboxylic acids is 1. The van der Waals surface area contributed by atoms with E-state index in [9.17, 15) is 13.6 Å². The largest absolute Gasteiger partial charge is 0.393 e. The zero-order valence-electron chi connectivity index (χ0n) is 10.5. The molecule has 1 N–H and O–H groups in total. The number of hydrogen-bond acceptors (Lipinski definition) is 2. The van der Waals surface area contributed by atoms with Crippen LogP contribution in [0.4, 0.5) is 8.78 Å². The van der Waals surface area contributed by atoms with E-state index in [1.807, 2.05) is 0 Å². The number of benzene rings is 1. The van der Waals surface area contributed by atoms with Crippen LogP contribution in [0.1, 0.15) is 25.3 Å². The van der Waals surface area contributed by atoms with Gasteiger partial charge in [-0.1, -0.05) is 6.07 Å². The fourth-order valence-electron chi connectivity index (χ4n) is 1.52. The summed E-state index contributed by atoms with van der Waals surface area (Å²) in [5.74, 6) is -1.96. The van der Waals surface area contributed by atoms with Gasteiger partial charge in [-0.25, -0.2) is 8.78 Å². The molecule has 1 aromatic carbocycles. The molecule has 0 spiro atoms. The summed E-state index contributed by atoms with van der Waals surface area (Å²) < 4.78 is 25.7. The van der Waals surface area contributed by atoms with E-state index in [1.54, 1.807) is 14.0 Å². The molecule has 1 amide bonds. The zero-order chi connectivity index (χ0) is 13.7. The average Bonchev–Trinajstić information content (AvgIpc) is 2.30. The molecule has 5 heteroatoms. The van der Waals surface area contributed by atoms with E-state index >= 15 is 0 Å². The first kappa shape index (κ1) is 14.6. The molecule has 0 saturated heterocycles. The van der Waals surface area contributed by atoms with Gasteiger partial charge in [0.1, 0.15) is 0 Å². The maximum atomic E-state index is 13.0. The highest BCUT2D eigenvalue weighted by atomic mass is 19.2. The van der Waals surface area contributed by atoms with E-state index in [2.05, 4.69) is 0 Å². The molecule has 3 nitrogen and oxygen atoms in total. The minimum Gasteiger partial charge on any atom is -0.393 e. The SMILES string of the molecule is CC(O)CCC(=O)N(C)Cc1ccc(F)c(F)c1. The van der Waals surface area contributed by atoms with Crippen molar-refractivity contribution < 1.29 is 18.7 Å². The van der Waals surface area contributed by atoms with Gasteiger partial charge in [-0.2, -0.15) is 0 Å². The molecule has 1 atom stereocenters. The smallest absolute Gasteiger partial charge is 0.222 e. The Labute approximate surface area is 105 Å². The Hall–Kier alpha value is -1.49. The van der Waals surface area contributed by atoms with E-state index in [-0.39, 0.29) is 18.9 Å². The molecule has 0 aliphatic heterocycles. The van der Waals surface area contributed by atoms with Crippen LogP contribution in [0, 0.1) is 11.6 Å². The number of aliphatic hydroxyl groups is 1. The molecule has 1 unspecified atom stereocenters. The van der Waals surface area contributed by atoms with E-state index in [0.717, 1.165) is 12.1 Å². The molecule has 1 rings (SSSR count). The van der Waals surface area contributed by atoms with Crippen LogP contribution in [-0.2, 0) is 11.3 Å². The lowest BCUT2D eigenvalue weighted by molar-refractivity contribution is -0.131. The van der Waals surface area contributed by atoms with Crippen molar-refractivity contribution in [3.63, 3.8) is 0 Å². The third kappa shape index (κ3) is 4.41. The van der Waals surface area contributed by atoms with Crippen molar-refractivity contribution in [1.82, 2.24) is 4.90 Å². The first-order valence-electron chi connectivity index (χ1n) is 5.76. The second kappa shape index (κ2) is 6.44. The Balaban J connectivity index is 2.55. The van der Waals surface area contributed by atoms with Gasteiger partial charge in [0, 0.05) is 20.0 Å². The molecule has 0 saturated carbocycles. The molecule has 0 aliphatic rings. The predicted octanol–water partition coefficient (Wildman–Crippen LogP) is 2.08. The topological polar surface area (TPSA) is 40.5 Å². The predicted molar refractivity (Wildman–Crippen MR) is 63.7 cm³/mol. The van der Waals surface area contributed by atoms with Gasteiger partial charge in [-0.15, -0.1) is 0 Å². The van der Waals surface area contributed by atoms with Gasteiger partial charge in [-0.3, -0.25) is 4.79 Å². The molecule has 1 aromatic rings. The first-order valence-corrected chi connectivity index (χ1v) is 5.76. The fourth-order valence-corrected chi connectivity index (χ4v) is 1.52. The van der Waals surface area contributed by atoms with E-state index in [0.29, 0.717) is 12.0 Å². The number of rotatable bonds is 5. The van der Waals surface area contributed by atoms with Crippen molar-refractivity contribution in [2.45, 2.75) is 32.4 Å². The third-order valence-corrected chi connectivity index (χ3v) is 2.61. The van der Waals surface area contributed by atoms with Crippen LogP contribution in [0.5, 0.6) is 0 Å². The molecular formula is C13H17F2NO2. The highest BCUT2D eigenvalue weighted by Gasteiger charge is 2.11. The summed E-state index contributed by atoms with van der Waals surface area (Å²) in [6, 6.07) is 3.56. The summed E-state index contributed by atoms with van der Waals surface area (Å²) in [5, 5.41) is 9.08. The summed E-state index contributed by atoms with van der Waals surface area (Å²) in [4.78, 5) is 13.1. The second-order valence-corrected chi connectivity index (χ2v) is 4.39. The van der Waals surface area contributed by atoms with Gasteiger partial charge in [0.2, 0.25) is 5.91 Å². The molecule has 0 bridgehead atoms. The second-order valence-electron chi connectivity index (χ2n) is 4.39. The lowest BCUT2D eigenvalue weighted by Gasteiger charge is -2.17. The van der Waals surface area contributed by atoms with E-state index in [4.69, 9.17) is 5.11 Å². The highest BCUT2D eigenvalue weighted by molar-refractivity contribution is 5.75. The summed E-state index contributed by atoms with van der Waals surface area (Å²) >= 11 is 0. The van der Waals surface area contributed by atoms with Crippen molar-refractivity contribution in [2.75, 3.05) is 7.05 Å². The number of aliphatic hydroxyl groups excluding tert-OH is 1. The molecule has 0 radical (unpaired) electrons. The van der Waals surface area contributed by atoms with Gasteiger partial charge in [-0.05, 0) is 31.0 Å². The summed E-state index contributed by atoms with van der Waals surface area (Å²) in [6.07, 6.45) is 0.101. The Morgan fingerprint density at radius 3 is 2.61 bits per heavy atom.